The molecule has 0 aromatic heterocycles. The van der Waals surface area contributed by atoms with Gasteiger partial charge in [-0.15, -0.1) is 0 Å². The Balaban J connectivity index is 2.58. The quantitative estimate of drug-likeness (QED) is 0.554. The molecular weight excluding hydrogens is 296 g/mol. The van der Waals surface area contributed by atoms with E-state index in [-0.39, 0.29) is 16.9 Å². The minimum absolute atomic E-state index is 0.0277. The SMILES string of the molecule is CC(N)C(=O)Oc1ccccc1C(O)(C(N)=O)c1ccccc1. The lowest BCUT2D eigenvalue weighted by atomic mass is 9.85. The fraction of sp³-hybridized carbons (Fsp3) is 0.176. The first-order chi connectivity index (χ1) is 10.9. The van der Waals surface area contributed by atoms with Crippen molar-refractivity contribution in [3.63, 3.8) is 0 Å². The van der Waals surface area contributed by atoms with E-state index in [4.69, 9.17) is 16.2 Å². The van der Waals surface area contributed by atoms with Crippen LogP contribution in [0.15, 0.2) is 54.6 Å². The van der Waals surface area contributed by atoms with E-state index in [1.807, 2.05) is 0 Å². The van der Waals surface area contributed by atoms with Crippen LogP contribution in [-0.4, -0.2) is 23.0 Å². The van der Waals surface area contributed by atoms with E-state index in [0.29, 0.717) is 0 Å². The molecule has 0 bridgehead atoms. The molecule has 2 aromatic carbocycles. The van der Waals surface area contributed by atoms with Gasteiger partial charge in [-0.3, -0.25) is 4.79 Å². The third-order valence-corrected chi connectivity index (χ3v) is 3.41. The van der Waals surface area contributed by atoms with Gasteiger partial charge in [0.2, 0.25) is 0 Å². The zero-order valence-corrected chi connectivity index (χ0v) is 12.6. The summed E-state index contributed by atoms with van der Waals surface area (Å²) in [6.45, 7) is 1.47. The summed E-state index contributed by atoms with van der Waals surface area (Å²) in [6.07, 6.45) is 0. The van der Waals surface area contributed by atoms with Crippen LogP contribution in [0.2, 0.25) is 0 Å². The van der Waals surface area contributed by atoms with Crippen LogP contribution in [0.25, 0.3) is 0 Å². The van der Waals surface area contributed by atoms with Crippen LogP contribution < -0.4 is 16.2 Å². The number of ether oxygens (including phenoxy) is 1. The summed E-state index contributed by atoms with van der Waals surface area (Å²) in [6, 6.07) is 13.5. The van der Waals surface area contributed by atoms with Crippen molar-refractivity contribution in [2.45, 2.75) is 18.6 Å². The minimum Gasteiger partial charge on any atom is -0.425 e. The van der Waals surface area contributed by atoms with E-state index < -0.39 is 23.5 Å². The normalized spacial score (nSPS) is 14.6. The highest BCUT2D eigenvalue weighted by Gasteiger charge is 2.40. The van der Waals surface area contributed by atoms with E-state index in [1.54, 1.807) is 42.5 Å². The molecule has 5 N–H and O–H groups in total. The molecular formula is C17H18N2O4. The number of hydrogen-bond acceptors (Lipinski definition) is 5. The highest BCUT2D eigenvalue weighted by Crippen LogP contribution is 2.35. The minimum atomic E-state index is -2.13. The Labute approximate surface area is 133 Å². The molecule has 0 heterocycles. The highest BCUT2D eigenvalue weighted by molar-refractivity contribution is 5.90. The molecule has 0 radical (unpaired) electrons. The Kier molecular flexibility index (Phi) is 4.78. The molecule has 2 unspecified atom stereocenters. The smallest absolute Gasteiger partial charge is 0.328 e. The van der Waals surface area contributed by atoms with Crippen LogP contribution in [0.5, 0.6) is 5.75 Å². The van der Waals surface area contributed by atoms with Crippen LogP contribution >= 0.6 is 0 Å². The first-order valence-electron chi connectivity index (χ1n) is 7.02. The predicted molar refractivity (Wildman–Crippen MR) is 84.4 cm³/mol. The summed E-state index contributed by atoms with van der Waals surface area (Å²) < 4.78 is 5.19. The van der Waals surface area contributed by atoms with Crippen LogP contribution in [0.4, 0.5) is 0 Å². The Morgan fingerprint density at radius 3 is 2.22 bits per heavy atom. The van der Waals surface area contributed by atoms with Gasteiger partial charge >= 0.3 is 5.97 Å². The lowest BCUT2D eigenvalue weighted by Gasteiger charge is -2.27. The molecule has 6 heteroatoms. The first kappa shape index (κ1) is 16.7. The van der Waals surface area contributed by atoms with Crippen molar-refractivity contribution >= 4 is 11.9 Å². The van der Waals surface area contributed by atoms with Gasteiger partial charge in [0.1, 0.15) is 11.8 Å². The van der Waals surface area contributed by atoms with E-state index in [9.17, 15) is 14.7 Å². The summed E-state index contributed by atoms with van der Waals surface area (Å²) in [5, 5.41) is 11.0. The van der Waals surface area contributed by atoms with Crippen molar-refractivity contribution < 1.29 is 19.4 Å². The molecule has 0 saturated carbocycles. The number of benzene rings is 2. The molecule has 0 aliphatic carbocycles. The molecule has 120 valence electrons. The molecule has 2 aromatic rings. The first-order valence-corrected chi connectivity index (χ1v) is 7.02. The van der Waals surface area contributed by atoms with E-state index >= 15 is 0 Å². The van der Waals surface area contributed by atoms with Gasteiger partial charge in [0.15, 0.2) is 5.60 Å². The average Bonchev–Trinajstić information content (AvgIpc) is 2.55. The zero-order chi connectivity index (χ0) is 17.0. The van der Waals surface area contributed by atoms with E-state index in [0.717, 1.165) is 0 Å². The number of primary amides is 1. The Morgan fingerprint density at radius 1 is 1.09 bits per heavy atom. The molecule has 0 aliphatic heterocycles. The van der Waals surface area contributed by atoms with Crippen LogP contribution in [0.3, 0.4) is 0 Å². The molecule has 2 atom stereocenters. The maximum absolute atomic E-state index is 12.0. The lowest BCUT2D eigenvalue weighted by Crippen LogP contribution is -2.43. The van der Waals surface area contributed by atoms with Gasteiger partial charge in [0.05, 0.1) is 0 Å². The Morgan fingerprint density at radius 2 is 1.65 bits per heavy atom. The lowest BCUT2D eigenvalue weighted by molar-refractivity contribution is -0.137. The molecule has 0 fully saturated rings. The van der Waals surface area contributed by atoms with E-state index in [1.165, 1.54) is 19.1 Å². The number of carbonyl (C=O) groups is 2. The number of rotatable bonds is 5. The highest BCUT2D eigenvalue weighted by atomic mass is 16.5. The second kappa shape index (κ2) is 6.60. The second-order valence-corrected chi connectivity index (χ2v) is 5.15. The number of nitrogens with two attached hydrogens (primary N) is 2. The fourth-order valence-corrected chi connectivity index (χ4v) is 2.17. The maximum atomic E-state index is 12.0. The molecule has 23 heavy (non-hydrogen) atoms. The monoisotopic (exact) mass is 314 g/mol. The summed E-state index contributed by atoms with van der Waals surface area (Å²) in [5.74, 6) is -1.63. The second-order valence-electron chi connectivity index (χ2n) is 5.15. The van der Waals surface area contributed by atoms with Gasteiger partial charge in [0.25, 0.3) is 5.91 Å². The summed E-state index contributed by atoms with van der Waals surface area (Å²) in [5.41, 5.74) is 9.15. The number of para-hydroxylation sites is 1. The summed E-state index contributed by atoms with van der Waals surface area (Å²) >= 11 is 0. The molecule has 6 nitrogen and oxygen atoms in total. The van der Waals surface area contributed by atoms with Gasteiger partial charge < -0.3 is 21.3 Å². The zero-order valence-electron chi connectivity index (χ0n) is 12.6. The molecule has 0 aliphatic rings. The summed E-state index contributed by atoms with van der Waals surface area (Å²) in [4.78, 5) is 23.8. The Hall–Kier alpha value is -2.70. The third kappa shape index (κ3) is 3.23. The van der Waals surface area contributed by atoms with Gasteiger partial charge in [0, 0.05) is 5.56 Å². The Bertz CT molecular complexity index is 716. The van der Waals surface area contributed by atoms with Crippen molar-refractivity contribution in [2.75, 3.05) is 0 Å². The van der Waals surface area contributed by atoms with Crippen molar-refractivity contribution in [3.05, 3.63) is 65.7 Å². The molecule has 1 amide bonds. The molecule has 0 saturated heterocycles. The van der Waals surface area contributed by atoms with Crippen molar-refractivity contribution in [2.24, 2.45) is 11.5 Å². The topological polar surface area (TPSA) is 116 Å². The number of hydrogen-bond donors (Lipinski definition) is 3. The maximum Gasteiger partial charge on any atom is 0.328 e. The summed E-state index contributed by atoms with van der Waals surface area (Å²) in [7, 11) is 0. The predicted octanol–water partition coefficient (Wildman–Crippen LogP) is 0.660. The van der Waals surface area contributed by atoms with Crippen molar-refractivity contribution in [1.82, 2.24) is 0 Å². The van der Waals surface area contributed by atoms with Gasteiger partial charge in [-0.2, -0.15) is 0 Å². The average molecular weight is 314 g/mol. The van der Waals surface area contributed by atoms with Gasteiger partial charge in [-0.05, 0) is 18.6 Å². The largest absolute Gasteiger partial charge is 0.425 e. The number of aliphatic hydroxyl groups is 1. The standard InChI is InChI=1S/C17H18N2O4/c1-11(18)15(20)23-14-10-6-5-9-13(14)17(22,16(19)21)12-7-3-2-4-8-12/h2-11,22H,18H2,1H3,(H2,19,21). The number of esters is 1. The van der Waals surface area contributed by atoms with Gasteiger partial charge in [-0.1, -0.05) is 48.5 Å². The number of amides is 1. The van der Waals surface area contributed by atoms with Gasteiger partial charge in [-0.25, -0.2) is 4.79 Å². The van der Waals surface area contributed by atoms with E-state index in [2.05, 4.69) is 0 Å². The third-order valence-electron chi connectivity index (χ3n) is 3.41. The van der Waals surface area contributed by atoms with Crippen LogP contribution in [0, 0.1) is 0 Å². The van der Waals surface area contributed by atoms with Crippen LogP contribution in [0.1, 0.15) is 18.1 Å². The van der Waals surface area contributed by atoms with Crippen LogP contribution in [-0.2, 0) is 15.2 Å². The number of carbonyl (C=O) groups excluding carboxylic acids is 2. The molecule has 2 rings (SSSR count). The molecule has 0 spiro atoms. The fourth-order valence-electron chi connectivity index (χ4n) is 2.17. The van der Waals surface area contributed by atoms with Crippen molar-refractivity contribution in [3.8, 4) is 5.75 Å². The van der Waals surface area contributed by atoms with Crippen molar-refractivity contribution in [1.29, 1.82) is 0 Å².